The quantitative estimate of drug-likeness (QED) is 0.829. The third-order valence-corrected chi connectivity index (χ3v) is 5.02. The van der Waals surface area contributed by atoms with E-state index in [4.69, 9.17) is 0 Å². The van der Waals surface area contributed by atoms with Gasteiger partial charge in [-0.15, -0.1) is 0 Å². The van der Waals surface area contributed by atoms with E-state index < -0.39 is 5.97 Å². The van der Waals surface area contributed by atoms with Crippen LogP contribution < -0.4 is 0 Å². The number of benzene rings is 1. The Hall–Kier alpha value is -0.620. The van der Waals surface area contributed by atoms with E-state index in [9.17, 15) is 9.90 Å². The van der Waals surface area contributed by atoms with Crippen molar-refractivity contribution in [1.29, 1.82) is 0 Å². The first-order valence-electron chi connectivity index (χ1n) is 6.72. The zero-order chi connectivity index (χ0) is 14.0. The van der Waals surface area contributed by atoms with Crippen molar-refractivity contribution in [2.45, 2.75) is 25.7 Å². The van der Waals surface area contributed by atoms with Crippen LogP contribution in [0.5, 0.6) is 0 Å². The molecule has 0 unspecified atom stereocenters. The van der Waals surface area contributed by atoms with Gasteiger partial charge in [-0.3, -0.25) is 4.79 Å². The predicted molar refractivity (Wildman–Crippen MR) is 84.5 cm³/mol. The number of hydrogen-bond donors (Lipinski definition) is 1. The molecule has 2 rings (SSSR count). The highest BCUT2D eigenvalue weighted by Crippen LogP contribution is 2.34. The third-order valence-electron chi connectivity index (χ3n) is 4.02. The van der Waals surface area contributed by atoms with Gasteiger partial charge in [0.05, 0.1) is 5.92 Å². The molecular formula is C15H20INO2. The Labute approximate surface area is 128 Å². The summed E-state index contributed by atoms with van der Waals surface area (Å²) in [5.41, 5.74) is 2.52. The van der Waals surface area contributed by atoms with Gasteiger partial charge in [0, 0.05) is 10.1 Å². The monoisotopic (exact) mass is 373 g/mol. The molecule has 0 radical (unpaired) electrons. The number of piperidine rings is 1. The van der Waals surface area contributed by atoms with Gasteiger partial charge >= 0.3 is 5.97 Å². The van der Waals surface area contributed by atoms with Crippen molar-refractivity contribution in [3.63, 3.8) is 0 Å². The molecule has 1 aliphatic rings. The molecule has 1 fully saturated rings. The Kier molecular flexibility index (Phi) is 4.84. The summed E-state index contributed by atoms with van der Waals surface area (Å²) in [5.74, 6) is -0.818. The van der Waals surface area contributed by atoms with Gasteiger partial charge in [-0.05, 0) is 72.1 Å². The average Bonchev–Trinajstić information content (AvgIpc) is 2.38. The molecule has 1 saturated heterocycles. The number of carboxylic acid groups (broad SMARTS) is 1. The molecule has 0 saturated carbocycles. The Balaban J connectivity index is 2.28. The van der Waals surface area contributed by atoms with Gasteiger partial charge in [0.25, 0.3) is 0 Å². The summed E-state index contributed by atoms with van der Waals surface area (Å²) >= 11 is 2.35. The maximum absolute atomic E-state index is 11.5. The van der Waals surface area contributed by atoms with Crippen LogP contribution in [0.25, 0.3) is 0 Å². The number of nitrogens with zero attached hydrogens (tertiary/aromatic N) is 1. The molecule has 0 spiro atoms. The summed E-state index contributed by atoms with van der Waals surface area (Å²) < 4.78 is 1.25. The van der Waals surface area contributed by atoms with Crippen LogP contribution in [0.15, 0.2) is 18.2 Å². The Bertz CT molecular complexity index is 475. The van der Waals surface area contributed by atoms with Crippen LogP contribution in [0.4, 0.5) is 0 Å². The minimum absolute atomic E-state index is 0.146. The molecule has 0 bridgehead atoms. The SMILES string of the molecule is CCc1ccc([C@H]2CCN(C)C[C@@H]2C(=O)O)cc1I. The fourth-order valence-electron chi connectivity index (χ4n) is 2.85. The van der Waals surface area contributed by atoms with Gasteiger partial charge in [-0.2, -0.15) is 0 Å². The molecule has 3 nitrogen and oxygen atoms in total. The number of carboxylic acids is 1. The number of carbonyl (C=O) groups is 1. The number of likely N-dealkylation sites (tertiary alicyclic amines) is 1. The number of aryl methyl sites for hydroxylation is 1. The van der Waals surface area contributed by atoms with Crippen LogP contribution in [0, 0.1) is 9.49 Å². The van der Waals surface area contributed by atoms with Crippen LogP contribution in [0.1, 0.15) is 30.4 Å². The molecule has 1 aromatic carbocycles. The summed E-state index contributed by atoms with van der Waals surface area (Å²) in [5, 5.41) is 9.43. The van der Waals surface area contributed by atoms with E-state index in [0.717, 1.165) is 19.4 Å². The van der Waals surface area contributed by atoms with Crippen LogP contribution in [0.2, 0.25) is 0 Å². The summed E-state index contributed by atoms with van der Waals surface area (Å²) in [7, 11) is 2.00. The number of halogens is 1. The second-order valence-corrected chi connectivity index (χ2v) is 6.47. The van der Waals surface area contributed by atoms with E-state index in [1.807, 2.05) is 7.05 Å². The number of aliphatic carboxylic acids is 1. The van der Waals surface area contributed by atoms with Crippen molar-refractivity contribution < 1.29 is 9.90 Å². The first-order chi connectivity index (χ1) is 9.02. The van der Waals surface area contributed by atoms with Gasteiger partial charge in [0.2, 0.25) is 0 Å². The first kappa shape index (κ1) is 14.8. The topological polar surface area (TPSA) is 40.5 Å². The van der Waals surface area contributed by atoms with Crippen molar-refractivity contribution in [3.05, 3.63) is 32.9 Å². The van der Waals surface area contributed by atoms with Crippen molar-refractivity contribution >= 4 is 28.6 Å². The Morgan fingerprint density at radius 2 is 2.26 bits per heavy atom. The van der Waals surface area contributed by atoms with E-state index >= 15 is 0 Å². The first-order valence-corrected chi connectivity index (χ1v) is 7.80. The lowest BCUT2D eigenvalue weighted by atomic mass is 9.80. The van der Waals surface area contributed by atoms with E-state index in [1.165, 1.54) is 14.7 Å². The second kappa shape index (κ2) is 6.22. The van der Waals surface area contributed by atoms with Gasteiger partial charge in [-0.25, -0.2) is 0 Å². The van der Waals surface area contributed by atoms with Crippen molar-refractivity contribution in [2.24, 2.45) is 5.92 Å². The molecule has 1 aliphatic heterocycles. The van der Waals surface area contributed by atoms with Gasteiger partial charge in [-0.1, -0.05) is 19.1 Å². The molecule has 0 aliphatic carbocycles. The van der Waals surface area contributed by atoms with Gasteiger partial charge in [0.15, 0.2) is 0 Å². The Morgan fingerprint density at radius 3 is 2.84 bits per heavy atom. The van der Waals surface area contributed by atoms with E-state index in [2.05, 4.69) is 52.6 Å². The standard InChI is InChI=1S/C15H20INO2/c1-3-10-4-5-11(8-14(10)16)12-6-7-17(2)9-13(12)15(18)19/h4-5,8,12-13H,3,6-7,9H2,1-2H3,(H,18,19)/t12-,13+/m1/s1. The van der Waals surface area contributed by atoms with E-state index in [0.29, 0.717) is 6.54 Å². The van der Waals surface area contributed by atoms with Crippen LogP contribution in [-0.2, 0) is 11.2 Å². The van der Waals surface area contributed by atoms with E-state index in [-0.39, 0.29) is 11.8 Å². The zero-order valence-electron chi connectivity index (χ0n) is 11.4. The van der Waals surface area contributed by atoms with Crippen molar-refractivity contribution in [2.75, 3.05) is 20.1 Å². The fourth-order valence-corrected chi connectivity index (χ4v) is 3.77. The number of rotatable bonds is 3. The largest absolute Gasteiger partial charge is 0.481 e. The molecule has 1 heterocycles. The summed E-state index contributed by atoms with van der Waals surface area (Å²) in [4.78, 5) is 13.6. The molecule has 2 atom stereocenters. The normalized spacial score (nSPS) is 24.4. The maximum atomic E-state index is 11.5. The van der Waals surface area contributed by atoms with Crippen LogP contribution in [0.3, 0.4) is 0 Å². The minimum Gasteiger partial charge on any atom is -0.481 e. The third kappa shape index (κ3) is 3.28. The molecule has 0 amide bonds. The molecule has 1 N–H and O–H groups in total. The highest BCUT2D eigenvalue weighted by molar-refractivity contribution is 14.1. The Morgan fingerprint density at radius 1 is 1.53 bits per heavy atom. The van der Waals surface area contributed by atoms with Crippen LogP contribution in [-0.4, -0.2) is 36.1 Å². The average molecular weight is 373 g/mol. The lowest BCUT2D eigenvalue weighted by Crippen LogP contribution is -2.40. The molecule has 0 aromatic heterocycles. The lowest BCUT2D eigenvalue weighted by molar-refractivity contribution is -0.144. The molecule has 104 valence electrons. The molecule has 1 aromatic rings. The van der Waals surface area contributed by atoms with Gasteiger partial charge < -0.3 is 10.0 Å². The molecule has 4 heteroatoms. The highest BCUT2D eigenvalue weighted by Gasteiger charge is 2.34. The maximum Gasteiger partial charge on any atom is 0.308 e. The zero-order valence-corrected chi connectivity index (χ0v) is 13.6. The minimum atomic E-state index is -0.675. The summed E-state index contributed by atoms with van der Waals surface area (Å²) in [6.45, 7) is 3.76. The number of hydrogen-bond acceptors (Lipinski definition) is 2. The second-order valence-electron chi connectivity index (χ2n) is 5.31. The molecule has 19 heavy (non-hydrogen) atoms. The predicted octanol–water partition coefficient (Wildman–Crippen LogP) is 2.97. The van der Waals surface area contributed by atoms with Crippen LogP contribution >= 0.6 is 22.6 Å². The summed E-state index contributed by atoms with van der Waals surface area (Å²) in [6.07, 6.45) is 1.95. The van der Waals surface area contributed by atoms with E-state index in [1.54, 1.807) is 0 Å². The molecular weight excluding hydrogens is 353 g/mol. The smallest absolute Gasteiger partial charge is 0.308 e. The van der Waals surface area contributed by atoms with Crippen molar-refractivity contribution in [1.82, 2.24) is 4.90 Å². The highest BCUT2D eigenvalue weighted by atomic mass is 127. The van der Waals surface area contributed by atoms with Crippen molar-refractivity contribution in [3.8, 4) is 0 Å². The van der Waals surface area contributed by atoms with Gasteiger partial charge in [0.1, 0.15) is 0 Å². The lowest BCUT2D eigenvalue weighted by Gasteiger charge is -2.34. The fraction of sp³-hybridized carbons (Fsp3) is 0.533. The summed E-state index contributed by atoms with van der Waals surface area (Å²) in [6, 6.07) is 6.44.